The largest absolute Gasteiger partial charge is 0.457 e. The van der Waals surface area contributed by atoms with Crippen molar-refractivity contribution < 1.29 is 9.53 Å². The topological polar surface area (TPSA) is 44.8 Å². The number of hydrogen-bond donors (Lipinski definition) is 1. The summed E-state index contributed by atoms with van der Waals surface area (Å²) in [7, 11) is 0. The third-order valence-corrected chi connectivity index (χ3v) is 8.34. The van der Waals surface area contributed by atoms with Crippen LogP contribution in [0.3, 0.4) is 0 Å². The molecule has 1 heterocycles. The first-order valence-electron chi connectivity index (χ1n) is 15.7. The maximum atomic E-state index is 14.3. The van der Waals surface area contributed by atoms with E-state index in [0.717, 1.165) is 55.2 Å². The van der Waals surface area contributed by atoms with Crippen molar-refractivity contribution in [2.75, 3.05) is 18.4 Å². The minimum Gasteiger partial charge on any atom is -0.457 e. The first-order chi connectivity index (χ1) is 20.9. The molecule has 1 aliphatic heterocycles. The number of anilines is 1. The molecule has 0 radical (unpaired) electrons. The monoisotopic (exact) mass is 575 g/mol. The molecule has 0 aromatic heterocycles. The van der Waals surface area contributed by atoms with E-state index in [1.54, 1.807) is 0 Å². The number of nitrogens with zero attached hydrogens (tertiary/aromatic N) is 2. The fourth-order valence-electron chi connectivity index (χ4n) is 6.00. The van der Waals surface area contributed by atoms with E-state index in [4.69, 9.17) is 4.74 Å². The molecule has 0 bridgehead atoms. The molecular weight excluding hydrogens is 530 g/mol. The Hall–Kier alpha value is -4.09. The third kappa shape index (κ3) is 8.05. The lowest BCUT2D eigenvalue weighted by Crippen LogP contribution is -2.48. The van der Waals surface area contributed by atoms with E-state index in [0.29, 0.717) is 18.4 Å². The molecule has 5 rings (SSSR count). The van der Waals surface area contributed by atoms with Crippen LogP contribution in [0.1, 0.15) is 74.6 Å². The highest BCUT2D eigenvalue weighted by Crippen LogP contribution is 2.33. The standard InChI is InChI=1S/C38H45N3O2/c1-28(2)35-19-12-20-36(29(3)4)37(35)39-38(42)41(32-21-23-40(24-22-32)26-30-13-7-5-8-14-30)27-31-15-11-18-34(25-31)43-33-16-9-6-10-17-33/h5-20,25,28-29,32H,21-24,26-27H2,1-4H3,(H,39,42). The molecule has 0 spiro atoms. The Bertz CT molecular complexity index is 1440. The van der Waals surface area contributed by atoms with Crippen molar-refractivity contribution in [2.45, 2.75) is 71.5 Å². The van der Waals surface area contributed by atoms with Gasteiger partial charge in [0.2, 0.25) is 0 Å². The Balaban J connectivity index is 1.38. The van der Waals surface area contributed by atoms with Crippen molar-refractivity contribution in [1.29, 1.82) is 0 Å². The maximum absolute atomic E-state index is 14.3. The Morgan fingerprint density at radius 3 is 1.95 bits per heavy atom. The molecule has 1 saturated heterocycles. The van der Waals surface area contributed by atoms with Gasteiger partial charge in [0.1, 0.15) is 11.5 Å². The number of likely N-dealkylation sites (tertiary alicyclic amines) is 1. The number of ether oxygens (including phenoxy) is 1. The zero-order valence-electron chi connectivity index (χ0n) is 26.0. The fraction of sp³-hybridized carbons (Fsp3) is 0.342. The van der Waals surface area contributed by atoms with Gasteiger partial charge in [-0.05, 0) is 71.2 Å². The second-order valence-electron chi connectivity index (χ2n) is 12.2. The Morgan fingerprint density at radius 2 is 1.33 bits per heavy atom. The highest BCUT2D eigenvalue weighted by atomic mass is 16.5. The molecule has 1 N–H and O–H groups in total. The van der Waals surface area contributed by atoms with E-state index < -0.39 is 0 Å². The fourth-order valence-corrected chi connectivity index (χ4v) is 6.00. The Morgan fingerprint density at radius 1 is 0.767 bits per heavy atom. The smallest absolute Gasteiger partial charge is 0.322 e. The van der Waals surface area contributed by atoms with Gasteiger partial charge in [-0.2, -0.15) is 0 Å². The van der Waals surface area contributed by atoms with Crippen molar-refractivity contribution >= 4 is 11.7 Å². The summed E-state index contributed by atoms with van der Waals surface area (Å²) in [6, 6.07) is 35.1. The van der Waals surface area contributed by atoms with Gasteiger partial charge in [-0.3, -0.25) is 4.90 Å². The summed E-state index contributed by atoms with van der Waals surface area (Å²) in [5.41, 5.74) is 5.70. The van der Waals surface area contributed by atoms with Crippen LogP contribution >= 0.6 is 0 Å². The summed E-state index contributed by atoms with van der Waals surface area (Å²) >= 11 is 0. The van der Waals surface area contributed by atoms with Crippen LogP contribution in [0.25, 0.3) is 0 Å². The van der Waals surface area contributed by atoms with Crippen molar-refractivity contribution in [1.82, 2.24) is 9.80 Å². The highest BCUT2D eigenvalue weighted by molar-refractivity contribution is 5.91. The van der Waals surface area contributed by atoms with Gasteiger partial charge in [0.15, 0.2) is 0 Å². The first kappa shape index (κ1) is 30.4. The molecule has 2 amide bonds. The molecule has 0 atom stereocenters. The normalized spacial score (nSPS) is 14.2. The van der Waals surface area contributed by atoms with E-state index in [1.165, 1.54) is 16.7 Å². The lowest BCUT2D eigenvalue weighted by molar-refractivity contribution is 0.119. The second-order valence-corrected chi connectivity index (χ2v) is 12.2. The number of benzene rings is 4. The summed E-state index contributed by atoms with van der Waals surface area (Å²) in [6.45, 7) is 12.1. The lowest BCUT2D eigenvalue weighted by atomic mass is 9.92. The predicted octanol–water partition coefficient (Wildman–Crippen LogP) is 9.42. The third-order valence-electron chi connectivity index (χ3n) is 8.34. The number of urea groups is 1. The van der Waals surface area contributed by atoms with Crippen LogP contribution in [-0.4, -0.2) is 35.0 Å². The maximum Gasteiger partial charge on any atom is 0.322 e. The van der Waals surface area contributed by atoms with Crippen LogP contribution in [0.4, 0.5) is 10.5 Å². The van der Waals surface area contributed by atoms with E-state index in [9.17, 15) is 4.79 Å². The van der Waals surface area contributed by atoms with Gasteiger partial charge in [0.05, 0.1) is 0 Å². The van der Waals surface area contributed by atoms with Gasteiger partial charge in [-0.25, -0.2) is 4.79 Å². The minimum atomic E-state index is -0.0362. The van der Waals surface area contributed by atoms with Gasteiger partial charge < -0.3 is 15.0 Å². The quantitative estimate of drug-likeness (QED) is 0.205. The molecule has 4 aromatic rings. The summed E-state index contributed by atoms with van der Waals surface area (Å²) in [5, 5.41) is 3.41. The van der Waals surface area contributed by atoms with Crippen molar-refractivity contribution in [3.8, 4) is 11.5 Å². The molecule has 5 heteroatoms. The number of amides is 2. The summed E-state index contributed by atoms with van der Waals surface area (Å²) < 4.78 is 6.13. The SMILES string of the molecule is CC(C)c1cccc(C(C)C)c1NC(=O)N(Cc1cccc(Oc2ccccc2)c1)C1CCN(Cc2ccccc2)CC1. The summed E-state index contributed by atoms with van der Waals surface area (Å²) in [4.78, 5) is 18.8. The number of nitrogens with one attached hydrogen (secondary N) is 1. The summed E-state index contributed by atoms with van der Waals surface area (Å²) in [6.07, 6.45) is 1.87. The number of hydrogen-bond acceptors (Lipinski definition) is 3. The molecule has 0 aliphatic carbocycles. The number of carbonyl (C=O) groups is 1. The van der Waals surface area contributed by atoms with Crippen LogP contribution in [0.15, 0.2) is 103 Å². The lowest BCUT2D eigenvalue weighted by Gasteiger charge is -2.39. The first-order valence-corrected chi connectivity index (χ1v) is 15.7. The number of piperidine rings is 1. The molecule has 0 unspecified atom stereocenters. The van der Waals surface area contributed by atoms with Gasteiger partial charge in [-0.1, -0.05) is 107 Å². The van der Waals surface area contributed by atoms with Gasteiger partial charge in [0, 0.05) is 37.9 Å². The van der Waals surface area contributed by atoms with Crippen LogP contribution in [0.2, 0.25) is 0 Å². The van der Waals surface area contributed by atoms with E-state index in [1.807, 2.05) is 42.5 Å². The summed E-state index contributed by atoms with van der Waals surface area (Å²) in [5.74, 6) is 2.17. The molecule has 4 aromatic carbocycles. The van der Waals surface area contributed by atoms with Crippen molar-refractivity contribution in [3.05, 3.63) is 125 Å². The van der Waals surface area contributed by atoms with Crippen molar-refractivity contribution in [3.63, 3.8) is 0 Å². The molecule has 1 aliphatic rings. The average Bonchev–Trinajstić information content (AvgIpc) is 3.01. The molecular formula is C38H45N3O2. The van der Waals surface area contributed by atoms with Crippen LogP contribution in [-0.2, 0) is 13.1 Å². The molecule has 43 heavy (non-hydrogen) atoms. The molecule has 1 fully saturated rings. The van der Waals surface area contributed by atoms with Gasteiger partial charge in [0.25, 0.3) is 0 Å². The van der Waals surface area contributed by atoms with E-state index >= 15 is 0 Å². The number of para-hydroxylation sites is 2. The Kier molecular flexibility index (Phi) is 10.2. The van der Waals surface area contributed by atoms with Crippen LogP contribution < -0.4 is 10.1 Å². The zero-order valence-corrected chi connectivity index (χ0v) is 26.0. The number of rotatable bonds is 10. The van der Waals surface area contributed by atoms with Crippen LogP contribution in [0, 0.1) is 0 Å². The Labute approximate surface area is 257 Å². The van der Waals surface area contributed by atoms with E-state index in [-0.39, 0.29) is 12.1 Å². The average molecular weight is 576 g/mol. The van der Waals surface area contributed by atoms with Crippen LogP contribution in [0.5, 0.6) is 11.5 Å². The predicted molar refractivity (Wildman–Crippen MR) is 177 cm³/mol. The van der Waals surface area contributed by atoms with Crippen molar-refractivity contribution in [2.24, 2.45) is 0 Å². The second kappa shape index (κ2) is 14.4. The number of carbonyl (C=O) groups excluding carboxylic acids is 1. The zero-order chi connectivity index (χ0) is 30.2. The minimum absolute atomic E-state index is 0.0362. The molecule has 5 nitrogen and oxygen atoms in total. The van der Waals surface area contributed by atoms with Gasteiger partial charge >= 0.3 is 6.03 Å². The molecule has 0 saturated carbocycles. The van der Waals surface area contributed by atoms with Gasteiger partial charge in [-0.15, -0.1) is 0 Å². The molecule has 224 valence electrons. The highest BCUT2D eigenvalue weighted by Gasteiger charge is 2.29. The van der Waals surface area contributed by atoms with E-state index in [2.05, 4.69) is 103 Å².